The van der Waals surface area contributed by atoms with Crippen molar-refractivity contribution in [2.24, 2.45) is 0 Å². The first kappa shape index (κ1) is 16.9. The number of alkyl halides is 2. The Kier molecular flexibility index (Phi) is 4.11. The van der Waals surface area contributed by atoms with Gasteiger partial charge < -0.3 is 9.64 Å². The molecule has 1 amide bonds. The van der Waals surface area contributed by atoms with Crippen molar-refractivity contribution in [1.29, 1.82) is 0 Å². The Bertz CT molecular complexity index is 782. The number of hydrogen-bond acceptors (Lipinski definition) is 4. The third-order valence-electron chi connectivity index (χ3n) is 3.73. The quantitative estimate of drug-likeness (QED) is 0.819. The minimum atomic E-state index is -2.75. The van der Waals surface area contributed by atoms with Gasteiger partial charge in [-0.1, -0.05) is 11.6 Å². The first-order chi connectivity index (χ1) is 11.2. The highest BCUT2D eigenvalue weighted by atomic mass is 35.5. The smallest absolute Gasteiger partial charge is 0.410 e. The van der Waals surface area contributed by atoms with E-state index in [1.165, 1.54) is 11.0 Å². The van der Waals surface area contributed by atoms with Gasteiger partial charge in [0.2, 0.25) is 0 Å². The van der Waals surface area contributed by atoms with Gasteiger partial charge in [-0.05, 0) is 32.9 Å². The highest BCUT2D eigenvalue weighted by molar-refractivity contribution is 6.29. The van der Waals surface area contributed by atoms with E-state index in [-0.39, 0.29) is 16.7 Å². The van der Waals surface area contributed by atoms with E-state index in [1.807, 2.05) is 0 Å². The van der Waals surface area contributed by atoms with Gasteiger partial charge in [-0.25, -0.2) is 4.79 Å². The lowest BCUT2D eigenvalue weighted by Gasteiger charge is -2.40. The average molecular weight is 359 g/mol. The van der Waals surface area contributed by atoms with E-state index in [1.54, 1.807) is 26.8 Å². The molecule has 0 radical (unpaired) electrons. The Labute approximate surface area is 142 Å². The lowest BCUT2D eigenvalue weighted by atomic mass is 9.96. The van der Waals surface area contributed by atoms with Crippen molar-refractivity contribution >= 4 is 28.7 Å². The lowest BCUT2D eigenvalue weighted by Crippen LogP contribution is -2.50. The number of ether oxygens (including phenoxy) is 1. The summed E-state index contributed by atoms with van der Waals surface area (Å²) in [4.78, 5) is 13.5. The summed E-state index contributed by atoms with van der Waals surface area (Å²) in [7, 11) is 0. The predicted molar refractivity (Wildman–Crippen MR) is 84.3 cm³/mol. The van der Waals surface area contributed by atoms with Crippen molar-refractivity contribution in [3.05, 3.63) is 23.0 Å². The number of amides is 1. The van der Waals surface area contributed by atoms with Crippen molar-refractivity contribution in [3.8, 4) is 0 Å². The second kappa shape index (κ2) is 5.84. The van der Waals surface area contributed by atoms with Gasteiger partial charge in [0.15, 0.2) is 10.8 Å². The molecule has 2 aromatic rings. The Morgan fingerprint density at radius 3 is 2.58 bits per heavy atom. The van der Waals surface area contributed by atoms with Crippen LogP contribution in [0.2, 0.25) is 5.15 Å². The van der Waals surface area contributed by atoms with E-state index in [0.29, 0.717) is 24.2 Å². The van der Waals surface area contributed by atoms with Gasteiger partial charge in [0, 0.05) is 30.1 Å². The molecule has 0 unspecified atom stereocenters. The van der Waals surface area contributed by atoms with E-state index in [0.717, 1.165) is 4.57 Å². The van der Waals surface area contributed by atoms with Crippen molar-refractivity contribution in [2.45, 2.75) is 38.8 Å². The molecule has 130 valence electrons. The van der Waals surface area contributed by atoms with Crippen LogP contribution >= 0.6 is 11.6 Å². The molecule has 1 saturated heterocycles. The molecule has 0 saturated carbocycles. The maximum Gasteiger partial charge on any atom is 0.410 e. The Hall–Kier alpha value is -1.96. The first-order valence-corrected chi connectivity index (χ1v) is 7.83. The summed E-state index contributed by atoms with van der Waals surface area (Å²) in [6.45, 7) is 3.22. The molecule has 9 heteroatoms. The van der Waals surface area contributed by atoms with E-state index in [2.05, 4.69) is 10.2 Å². The van der Waals surface area contributed by atoms with Gasteiger partial charge in [0.25, 0.3) is 0 Å². The highest BCUT2D eigenvalue weighted by Gasteiger charge is 2.37. The molecule has 0 bridgehead atoms. The fraction of sp³-hybridized carbons (Fsp3) is 0.533. The zero-order valence-electron chi connectivity index (χ0n) is 13.5. The maximum absolute atomic E-state index is 13.4. The molecule has 2 aromatic heterocycles. The van der Waals surface area contributed by atoms with E-state index in [9.17, 15) is 13.6 Å². The second-order valence-electron chi connectivity index (χ2n) is 6.75. The molecule has 1 aliphatic rings. The van der Waals surface area contributed by atoms with Gasteiger partial charge in [-0.3, -0.25) is 4.57 Å². The Morgan fingerprint density at radius 1 is 1.33 bits per heavy atom. The standard InChI is InChI=1S/C15H17ClF2N4O2/c1-15(2,3)24-14(23)21-6-9(7-21)10-4-8-5-11(16)19-20-12(8)22(10)13(17)18/h4-5,9,13H,6-7H2,1-3H3. The molecule has 3 rings (SSSR count). The number of carbonyl (C=O) groups is 1. The number of carbonyl (C=O) groups excluding carboxylic acids is 1. The molecule has 1 fully saturated rings. The number of nitrogens with zero attached hydrogens (tertiary/aromatic N) is 4. The van der Waals surface area contributed by atoms with Gasteiger partial charge in [-0.15, -0.1) is 10.2 Å². The van der Waals surface area contributed by atoms with Crippen LogP contribution in [-0.4, -0.2) is 44.4 Å². The number of aromatic nitrogens is 3. The largest absolute Gasteiger partial charge is 0.444 e. The van der Waals surface area contributed by atoms with Gasteiger partial charge in [0.05, 0.1) is 0 Å². The minimum Gasteiger partial charge on any atom is -0.444 e. The monoisotopic (exact) mass is 358 g/mol. The maximum atomic E-state index is 13.4. The molecule has 0 aromatic carbocycles. The SMILES string of the molecule is CC(C)(C)OC(=O)N1CC(c2cc3cc(Cl)nnc3n2C(F)F)C1. The number of halogens is 3. The first-order valence-electron chi connectivity index (χ1n) is 7.46. The van der Waals surface area contributed by atoms with Crippen molar-refractivity contribution in [3.63, 3.8) is 0 Å². The molecule has 1 aliphatic heterocycles. The fourth-order valence-corrected chi connectivity index (χ4v) is 2.84. The third kappa shape index (κ3) is 3.15. The number of fused-ring (bicyclic) bond motifs is 1. The van der Waals surface area contributed by atoms with Crippen LogP contribution in [0, 0.1) is 0 Å². The van der Waals surface area contributed by atoms with Gasteiger partial charge >= 0.3 is 12.6 Å². The van der Waals surface area contributed by atoms with E-state index in [4.69, 9.17) is 16.3 Å². The van der Waals surface area contributed by atoms with Crippen molar-refractivity contribution in [1.82, 2.24) is 19.7 Å². The Morgan fingerprint density at radius 2 is 2.00 bits per heavy atom. The fourth-order valence-electron chi connectivity index (χ4n) is 2.68. The summed E-state index contributed by atoms with van der Waals surface area (Å²) in [5.41, 5.74) is -0.0941. The summed E-state index contributed by atoms with van der Waals surface area (Å²) in [5.74, 6) is -0.209. The van der Waals surface area contributed by atoms with Crippen LogP contribution in [0.15, 0.2) is 12.1 Å². The van der Waals surface area contributed by atoms with Crippen molar-refractivity contribution in [2.75, 3.05) is 13.1 Å². The normalized spacial score (nSPS) is 15.9. The summed E-state index contributed by atoms with van der Waals surface area (Å²) in [6.07, 6.45) is -0.443. The van der Waals surface area contributed by atoms with Gasteiger partial charge in [0.1, 0.15) is 5.60 Å². The second-order valence-corrected chi connectivity index (χ2v) is 7.13. The minimum absolute atomic E-state index is 0.0834. The molecule has 24 heavy (non-hydrogen) atoms. The van der Waals surface area contributed by atoms with Crippen LogP contribution in [0.1, 0.15) is 38.9 Å². The third-order valence-corrected chi connectivity index (χ3v) is 3.91. The van der Waals surface area contributed by atoms with Crippen LogP contribution in [0.4, 0.5) is 13.6 Å². The zero-order chi connectivity index (χ0) is 17.6. The lowest BCUT2D eigenvalue weighted by molar-refractivity contribution is 0.00599. The number of likely N-dealkylation sites (tertiary alicyclic amines) is 1. The molecular formula is C15H17ClF2N4O2. The predicted octanol–water partition coefficient (Wildman–Crippen LogP) is 3.81. The number of hydrogen-bond donors (Lipinski definition) is 0. The molecule has 0 atom stereocenters. The van der Waals surface area contributed by atoms with Gasteiger partial charge in [-0.2, -0.15) is 8.78 Å². The van der Waals surface area contributed by atoms with Crippen LogP contribution in [0.5, 0.6) is 0 Å². The molecule has 3 heterocycles. The molecular weight excluding hydrogens is 342 g/mol. The van der Waals surface area contributed by atoms with Crippen molar-refractivity contribution < 1.29 is 18.3 Å². The van der Waals surface area contributed by atoms with E-state index < -0.39 is 18.2 Å². The molecule has 0 spiro atoms. The summed E-state index contributed by atoms with van der Waals surface area (Å²) in [6, 6.07) is 3.12. The molecule has 0 N–H and O–H groups in total. The summed E-state index contributed by atoms with van der Waals surface area (Å²) >= 11 is 5.77. The summed E-state index contributed by atoms with van der Waals surface area (Å²) < 4.78 is 33.0. The zero-order valence-corrected chi connectivity index (χ0v) is 14.2. The highest BCUT2D eigenvalue weighted by Crippen LogP contribution is 2.35. The number of rotatable bonds is 2. The molecule has 0 aliphatic carbocycles. The van der Waals surface area contributed by atoms with Crippen LogP contribution in [-0.2, 0) is 4.74 Å². The average Bonchev–Trinajstić information content (AvgIpc) is 2.72. The summed E-state index contributed by atoms with van der Waals surface area (Å²) in [5, 5.41) is 8.03. The van der Waals surface area contributed by atoms with Crippen LogP contribution in [0.3, 0.4) is 0 Å². The Balaban J connectivity index is 1.82. The van der Waals surface area contributed by atoms with Crippen LogP contribution in [0.25, 0.3) is 11.0 Å². The van der Waals surface area contributed by atoms with E-state index >= 15 is 0 Å². The molecule has 6 nitrogen and oxygen atoms in total. The van der Waals surface area contributed by atoms with Crippen LogP contribution < -0.4 is 0 Å². The topological polar surface area (TPSA) is 60.2 Å².